The van der Waals surface area contributed by atoms with Crippen LogP contribution in [0.3, 0.4) is 0 Å². The molecule has 0 fully saturated rings. The summed E-state index contributed by atoms with van der Waals surface area (Å²) in [5.41, 5.74) is 5.62. The Labute approximate surface area is 134 Å². The van der Waals surface area contributed by atoms with Gasteiger partial charge in [0.1, 0.15) is 4.90 Å². The highest BCUT2D eigenvalue weighted by Gasteiger charge is 2.25. The molecule has 0 spiro atoms. The third-order valence-corrected chi connectivity index (χ3v) is 5.54. The van der Waals surface area contributed by atoms with Crippen molar-refractivity contribution in [3.63, 3.8) is 0 Å². The molecule has 8 heteroatoms. The van der Waals surface area contributed by atoms with Gasteiger partial charge in [0.2, 0.25) is 10.0 Å². The van der Waals surface area contributed by atoms with Gasteiger partial charge in [-0.05, 0) is 27.9 Å². The van der Waals surface area contributed by atoms with Gasteiger partial charge in [0, 0.05) is 23.1 Å². The highest BCUT2D eigenvalue weighted by Crippen LogP contribution is 2.35. The first kappa shape index (κ1) is 18.2. The van der Waals surface area contributed by atoms with Crippen molar-refractivity contribution in [2.75, 3.05) is 20.8 Å². The summed E-state index contributed by atoms with van der Waals surface area (Å²) >= 11 is 3.25. The third kappa shape index (κ3) is 4.32. The molecule has 0 radical (unpaired) electrons. The maximum Gasteiger partial charge on any atom is 0.242 e. The minimum atomic E-state index is -3.72. The molecule has 6 nitrogen and oxygen atoms in total. The van der Waals surface area contributed by atoms with Crippen molar-refractivity contribution >= 4 is 26.0 Å². The summed E-state index contributed by atoms with van der Waals surface area (Å²) in [6, 6.07) is 2.63. The molecule has 120 valence electrons. The number of nitrogens with one attached hydrogen (secondary N) is 1. The molecular weight excluding hydrogens is 360 g/mol. The van der Waals surface area contributed by atoms with Crippen molar-refractivity contribution in [2.24, 2.45) is 11.7 Å². The summed E-state index contributed by atoms with van der Waals surface area (Å²) in [7, 11) is -0.780. The van der Waals surface area contributed by atoms with Gasteiger partial charge in [0.05, 0.1) is 14.2 Å². The summed E-state index contributed by atoms with van der Waals surface area (Å²) in [6.07, 6.45) is 0. The van der Waals surface area contributed by atoms with E-state index in [1.54, 1.807) is 6.07 Å². The smallest absolute Gasteiger partial charge is 0.242 e. The van der Waals surface area contributed by atoms with Crippen molar-refractivity contribution in [3.8, 4) is 11.5 Å². The fraction of sp³-hybridized carbons (Fsp3) is 0.538. The molecule has 0 saturated carbocycles. The fourth-order valence-corrected chi connectivity index (χ4v) is 4.19. The quantitative estimate of drug-likeness (QED) is 0.751. The Balaban J connectivity index is 3.25. The number of hydrogen-bond acceptors (Lipinski definition) is 5. The molecule has 3 N–H and O–H groups in total. The van der Waals surface area contributed by atoms with E-state index in [1.165, 1.54) is 20.3 Å². The van der Waals surface area contributed by atoms with Gasteiger partial charge >= 0.3 is 0 Å². The van der Waals surface area contributed by atoms with Crippen molar-refractivity contribution in [1.82, 2.24) is 4.72 Å². The van der Waals surface area contributed by atoms with Gasteiger partial charge < -0.3 is 15.2 Å². The molecule has 0 aliphatic rings. The Morgan fingerprint density at radius 2 is 1.76 bits per heavy atom. The summed E-state index contributed by atoms with van der Waals surface area (Å²) in [6.45, 7) is 4.04. The average molecular weight is 381 g/mol. The van der Waals surface area contributed by atoms with Crippen LogP contribution in [0.4, 0.5) is 0 Å². The van der Waals surface area contributed by atoms with E-state index in [2.05, 4.69) is 20.7 Å². The van der Waals surface area contributed by atoms with Gasteiger partial charge in [-0.1, -0.05) is 13.8 Å². The maximum atomic E-state index is 12.5. The Morgan fingerprint density at radius 1 is 1.24 bits per heavy atom. The number of benzene rings is 1. The van der Waals surface area contributed by atoms with E-state index < -0.39 is 10.0 Å². The largest absolute Gasteiger partial charge is 0.493 e. The van der Waals surface area contributed by atoms with Crippen LogP contribution < -0.4 is 19.9 Å². The van der Waals surface area contributed by atoms with Crippen LogP contribution in [-0.2, 0) is 10.0 Å². The first-order valence-electron chi connectivity index (χ1n) is 6.40. The highest BCUT2D eigenvalue weighted by molar-refractivity contribution is 9.10. The SMILES string of the molecule is COc1cc(Br)c(S(=O)(=O)NC(CN)C(C)C)cc1OC. The van der Waals surface area contributed by atoms with E-state index >= 15 is 0 Å². The monoisotopic (exact) mass is 380 g/mol. The van der Waals surface area contributed by atoms with Crippen LogP contribution in [0.25, 0.3) is 0 Å². The van der Waals surface area contributed by atoms with Crippen molar-refractivity contribution in [2.45, 2.75) is 24.8 Å². The van der Waals surface area contributed by atoms with Crippen molar-refractivity contribution < 1.29 is 17.9 Å². The Kier molecular flexibility index (Phi) is 6.45. The average Bonchev–Trinajstić information content (AvgIpc) is 2.43. The zero-order valence-electron chi connectivity index (χ0n) is 12.5. The van der Waals surface area contributed by atoms with Crippen molar-refractivity contribution in [3.05, 3.63) is 16.6 Å². The first-order chi connectivity index (χ1) is 9.76. The lowest BCUT2D eigenvalue weighted by atomic mass is 10.1. The highest BCUT2D eigenvalue weighted by atomic mass is 79.9. The molecule has 1 aromatic carbocycles. The Bertz CT molecular complexity index is 590. The molecule has 21 heavy (non-hydrogen) atoms. The molecule has 0 aliphatic heterocycles. The molecule has 1 rings (SSSR count). The number of sulfonamides is 1. The van der Waals surface area contributed by atoms with Crippen LogP contribution in [0, 0.1) is 5.92 Å². The van der Waals surface area contributed by atoms with Gasteiger partial charge in [-0.2, -0.15) is 0 Å². The third-order valence-electron chi connectivity index (χ3n) is 3.09. The normalized spacial score (nSPS) is 13.3. The number of nitrogens with two attached hydrogens (primary N) is 1. The van der Waals surface area contributed by atoms with E-state index in [1.807, 2.05) is 13.8 Å². The number of ether oxygens (including phenoxy) is 2. The van der Waals surface area contributed by atoms with Crippen LogP contribution in [0.1, 0.15) is 13.8 Å². The standard InChI is InChI=1S/C13H21BrN2O4S/c1-8(2)10(7-15)16-21(17,18)13-6-12(20-4)11(19-3)5-9(13)14/h5-6,8,10,16H,7,15H2,1-4H3. The molecule has 1 aromatic rings. The van der Waals surface area contributed by atoms with E-state index in [0.29, 0.717) is 16.0 Å². The molecule has 0 aromatic heterocycles. The van der Waals surface area contributed by atoms with E-state index in [4.69, 9.17) is 15.2 Å². The topological polar surface area (TPSA) is 90.7 Å². The number of rotatable bonds is 7. The second-order valence-electron chi connectivity index (χ2n) is 4.85. The van der Waals surface area contributed by atoms with Gasteiger partial charge in [-0.15, -0.1) is 0 Å². The zero-order chi connectivity index (χ0) is 16.2. The molecule has 1 unspecified atom stereocenters. The summed E-state index contributed by atoms with van der Waals surface area (Å²) in [4.78, 5) is 0.0826. The lowest BCUT2D eigenvalue weighted by Crippen LogP contribution is -2.43. The van der Waals surface area contributed by atoms with Crippen LogP contribution in [-0.4, -0.2) is 35.2 Å². The van der Waals surface area contributed by atoms with Crippen LogP contribution >= 0.6 is 15.9 Å². The lowest BCUT2D eigenvalue weighted by molar-refractivity contribution is 0.353. The van der Waals surface area contributed by atoms with Crippen molar-refractivity contribution in [1.29, 1.82) is 0 Å². The maximum absolute atomic E-state index is 12.5. The molecule has 0 heterocycles. The number of methoxy groups -OCH3 is 2. The molecule has 1 atom stereocenters. The lowest BCUT2D eigenvalue weighted by Gasteiger charge is -2.21. The molecule has 0 bridgehead atoms. The fourth-order valence-electron chi connectivity index (χ4n) is 1.76. The Hall–Kier alpha value is -0.830. The minimum Gasteiger partial charge on any atom is -0.493 e. The predicted molar refractivity (Wildman–Crippen MR) is 85.2 cm³/mol. The molecule has 0 aliphatic carbocycles. The minimum absolute atomic E-state index is 0.0826. The molecule has 0 amide bonds. The first-order valence-corrected chi connectivity index (χ1v) is 8.68. The second-order valence-corrected chi connectivity index (χ2v) is 7.38. The van der Waals surface area contributed by atoms with Crippen LogP contribution in [0.2, 0.25) is 0 Å². The van der Waals surface area contributed by atoms with Gasteiger partial charge in [0.15, 0.2) is 11.5 Å². The summed E-state index contributed by atoms with van der Waals surface area (Å²) < 4.78 is 38.3. The Morgan fingerprint density at radius 3 is 2.19 bits per heavy atom. The predicted octanol–water partition coefficient (Wildman–Crippen LogP) is 1.73. The van der Waals surface area contributed by atoms with E-state index in [9.17, 15) is 8.42 Å². The van der Waals surface area contributed by atoms with Gasteiger partial charge in [-0.3, -0.25) is 0 Å². The molecule has 0 saturated heterocycles. The summed E-state index contributed by atoms with van der Waals surface area (Å²) in [5, 5.41) is 0. The number of hydrogen-bond donors (Lipinski definition) is 2. The van der Waals surface area contributed by atoms with Gasteiger partial charge in [-0.25, -0.2) is 13.1 Å². The number of halogens is 1. The van der Waals surface area contributed by atoms with E-state index in [-0.39, 0.29) is 23.4 Å². The summed E-state index contributed by atoms with van der Waals surface area (Å²) in [5.74, 6) is 0.876. The second kappa shape index (κ2) is 7.44. The van der Waals surface area contributed by atoms with Crippen LogP contribution in [0.15, 0.2) is 21.5 Å². The molecular formula is C13H21BrN2O4S. The van der Waals surface area contributed by atoms with Gasteiger partial charge in [0.25, 0.3) is 0 Å². The zero-order valence-corrected chi connectivity index (χ0v) is 14.9. The van der Waals surface area contributed by atoms with E-state index in [0.717, 1.165) is 0 Å². The van der Waals surface area contributed by atoms with Crippen LogP contribution in [0.5, 0.6) is 11.5 Å².